The number of hydrogen-bond donors (Lipinski definition) is 3. The third kappa shape index (κ3) is 9.00. The summed E-state index contributed by atoms with van der Waals surface area (Å²) in [4.78, 5) is 55.6. The normalized spacial score (nSPS) is 18.1. The summed E-state index contributed by atoms with van der Waals surface area (Å²) in [6.07, 6.45) is 2.39. The van der Waals surface area contributed by atoms with Crippen LogP contribution < -0.4 is 20.7 Å². The average Bonchev–Trinajstić information content (AvgIpc) is 3.66. The van der Waals surface area contributed by atoms with E-state index in [0.29, 0.717) is 31.0 Å². The molecule has 3 aliphatic heterocycles. The van der Waals surface area contributed by atoms with E-state index in [0.717, 1.165) is 40.3 Å². The van der Waals surface area contributed by atoms with Crippen molar-refractivity contribution in [2.75, 3.05) is 13.1 Å². The number of hydrogen-bond acceptors (Lipinski definition) is 5. The van der Waals surface area contributed by atoms with E-state index in [9.17, 15) is 19.2 Å². The van der Waals surface area contributed by atoms with Gasteiger partial charge in [0.15, 0.2) is 0 Å². The smallest absolute Gasteiger partial charge is 0.243 e. The Bertz CT molecular complexity index is 1730. The second-order valence-electron chi connectivity index (χ2n) is 11.9. The predicted octanol–water partition coefficient (Wildman–Crippen LogP) is 5.45. The summed E-state index contributed by atoms with van der Waals surface area (Å²) in [7, 11) is 0. The maximum absolute atomic E-state index is 13.8. The summed E-state index contributed by atoms with van der Waals surface area (Å²) in [5.74, 6) is -0.213. The summed E-state index contributed by atoms with van der Waals surface area (Å²) in [6.45, 7) is 5.54. The van der Waals surface area contributed by atoms with Crippen molar-refractivity contribution in [1.29, 1.82) is 0 Å². The Hall–Kier alpha value is -5.18. The van der Waals surface area contributed by atoms with Crippen LogP contribution in [0.4, 0.5) is 0 Å². The van der Waals surface area contributed by atoms with Crippen LogP contribution in [0.1, 0.15) is 56.2 Å². The van der Waals surface area contributed by atoms with Crippen molar-refractivity contribution in [3.8, 4) is 11.5 Å². The molecule has 3 aliphatic rings. The maximum atomic E-state index is 13.8. The monoisotopic (exact) mass is 648 g/mol. The van der Waals surface area contributed by atoms with Crippen LogP contribution >= 0.6 is 0 Å². The van der Waals surface area contributed by atoms with Gasteiger partial charge in [-0.25, -0.2) is 0 Å². The van der Waals surface area contributed by atoms with Crippen molar-refractivity contribution < 1.29 is 23.9 Å². The lowest BCUT2D eigenvalue weighted by atomic mass is 10.0. The van der Waals surface area contributed by atoms with Gasteiger partial charge in [-0.05, 0) is 71.0 Å². The van der Waals surface area contributed by atoms with Crippen molar-refractivity contribution >= 4 is 34.4 Å². The first kappa shape index (κ1) is 34.2. The number of ether oxygens (including phenoxy) is 1. The molecule has 7 rings (SSSR count). The summed E-state index contributed by atoms with van der Waals surface area (Å²) >= 11 is 0. The van der Waals surface area contributed by atoms with Gasteiger partial charge in [0.05, 0.1) is 6.42 Å². The molecule has 1 saturated heterocycles. The number of amides is 4. The molecule has 48 heavy (non-hydrogen) atoms. The summed E-state index contributed by atoms with van der Waals surface area (Å²) < 4.78 is 6.06. The van der Waals surface area contributed by atoms with Gasteiger partial charge in [0.2, 0.25) is 23.6 Å². The Morgan fingerprint density at radius 3 is 2.33 bits per heavy atom. The minimum absolute atomic E-state index is 0.119. The number of rotatable bonds is 5. The molecule has 0 spiro atoms. The Morgan fingerprint density at radius 2 is 1.54 bits per heavy atom. The van der Waals surface area contributed by atoms with Crippen LogP contribution in [0.5, 0.6) is 11.5 Å². The number of likely N-dealkylation sites (tertiary alicyclic amines) is 1. The van der Waals surface area contributed by atoms with E-state index in [1.54, 1.807) is 4.90 Å². The van der Waals surface area contributed by atoms with E-state index in [2.05, 4.69) is 16.0 Å². The van der Waals surface area contributed by atoms with E-state index in [-0.39, 0.29) is 43.5 Å². The number of carbonyl (C=O) groups excluding carboxylic acids is 4. The van der Waals surface area contributed by atoms with E-state index >= 15 is 0 Å². The first-order valence-electron chi connectivity index (χ1n) is 16.9. The number of fused-ring (bicyclic) bond motifs is 11. The van der Waals surface area contributed by atoms with E-state index in [1.165, 1.54) is 0 Å². The topological polar surface area (TPSA) is 117 Å². The lowest BCUT2D eigenvalue weighted by Gasteiger charge is -2.25. The molecule has 1 fully saturated rings. The van der Waals surface area contributed by atoms with Gasteiger partial charge >= 0.3 is 0 Å². The Balaban J connectivity index is 0.00000221. The number of benzene rings is 4. The van der Waals surface area contributed by atoms with Crippen molar-refractivity contribution in [2.24, 2.45) is 0 Å². The van der Waals surface area contributed by atoms with Crippen LogP contribution in [-0.4, -0.2) is 53.7 Å². The second kappa shape index (κ2) is 16.6. The van der Waals surface area contributed by atoms with Crippen LogP contribution in [0.15, 0.2) is 91.0 Å². The molecule has 4 aromatic carbocycles. The average molecular weight is 649 g/mol. The fourth-order valence-corrected chi connectivity index (χ4v) is 6.07. The highest BCUT2D eigenvalue weighted by atomic mass is 16.5. The zero-order valence-electron chi connectivity index (χ0n) is 27.7. The third-order valence-electron chi connectivity index (χ3n) is 8.59. The minimum Gasteiger partial charge on any atom is -0.457 e. The molecule has 3 heterocycles. The van der Waals surface area contributed by atoms with Crippen LogP contribution in [0.3, 0.4) is 0 Å². The van der Waals surface area contributed by atoms with Crippen LogP contribution in [0, 0.1) is 0 Å². The molecule has 9 heteroatoms. The second-order valence-corrected chi connectivity index (χ2v) is 11.9. The molecule has 3 N–H and O–H groups in total. The van der Waals surface area contributed by atoms with Gasteiger partial charge in [-0.1, -0.05) is 80.6 Å². The lowest BCUT2D eigenvalue weighted by Crippen LogP contribution is -2.55. The SMILES string of the molecule is CC.O=C1CCc2cccc(c2)Oc2ccc(cc2)CC(C(=O)NCc2cccc3ccccc23)NC(=O)C(CC(=O)N2CCCC2)N1. The molecule has 2 unspecified atom stereocenters. The molecule has 250 valence electrons. The van der Waals surface area contributed by atoms with Gasteiger partial charge in [-0.2, -0.15) is 0 Å². The van der Waals surface area contributed by atoms with Gasteiger partial charge < -0.3 is 25.6 Å². The molecule has 4 amide bonds. The van der Waals surface area contributed by atoms with Crippen molar-refractivity contribution in [2.45, 2.75) is 71.0 Å². The van der Waals surface area contributed by atoms with Crippen LogP contribution in [-0.2, 0) is 38.6 Å². The zero-order valence-corrected chi connectivity index (χ0v) is 27.7. The van der Waals surface area contributed by atoms with Gasteiger partial charge in [-0.3, -0.25) is 19.2 Å². The molecule has 0 aliphatic carbocycles. The highest BCUT2D eigenvalue weighted by Gasteiger charge is 2.31. The fourth-order valence-electron chi connectivity index (χ4n) is 6.07. The molecule has 2 atom stereocenters. The molecule has 9 nitrogen and oxygen atoms in total. The largest absolute Gasteiger partial charge is 0.457 e. The maximum Gasteiger partial charge on any atom is 0.243 e. The molecule has 4 bridgehead atoms. The van der Waals surface area contributed by atoms with Crippen LogP contribution in [0.25, 0.3) is 10.8 Å². The minimum atomic E-state index is -1.12. The molecule has 0 saturated carbocycles. The Labute approximate surface area is 282 Å². The first-order chi connectivity index (χ1) is 23.4. The van der Waals surface area contributed by atoms with Crippen LogP contribution in [0.2, 0.25) is 0 Å². The van der Waals surface area contributed by atoms with E-state index in [4.69, 9.17) is 4.74 Å². The number of nitrogens with one attached hydrogen (secondary N) is 3. The Morgan fingerprint density at radius 1 is 0.812 bits per heavy atom. The zero-order chi connectivity index (χ0) is 33.9. The van der Waals surface area contributed by atoms with Crippen molar-refractivity contribution in [3.63, 3.8) is 0 Å². The number of carbonyl (C=O) groups is 4. The van der Waals surface area contributed by atoms with Gasteiger partial charge in [0.1, 0.15) is 23.6 Å². The van der Waals surface area contributed by atoms with Crippen molar-refractivity contribution in [1.82, 2.24) is 20.9 Å². The first-order valence-corrected chi connectivity index (χ1v) is 16.9. The summed E-state index contributed by atoms with van der Waals surface area (Å²) in [5.41, 5.74) is 2.67. The molecular weight excluding hydrogens is 604 g/mol. The number of aryl methyl sites for hydroxylation is 1. The highest BCUT2D eigenvalue weighted by Crippen LogP contribution is 2.24. The molecular formula is C39H44N4O5. The predicted molar refractivity (Wildman–Crippen MR) is 186 cm³/mol. The molecule has 0 radical (unpaired) electrons. The lowest BCUT2D eigenvalue weighted by molar-refractivity contribution is -0.136. The van der Waals surface area contributed by atoms with E-state index in [1.807, 2.05) is 105 Å². The summed E-state index contributed by atoms with van der Waals surface area (Å²) in [6, 6.07) is 26.7. The Kier molecular flexibility index (Phi) is 11.8. The third-order valence-corrected chi connectivity index (χ3v) is 8.59. The number of nitrogens with zero attached hydrogens (tertiary/aromatic N) is 1. The quantitative estimate of drug-likeness (QED) is 0.266. The summed E-state index contributed by atoms with van der Waals surface area (Å²) in [5, 5.41) is 10.8. The highest BCUT2D eigenvalue weighted by molar-refractivity contribution is 5.95. The van der Waals surface area contributed by atoms with Crippen molar-refractivity contribution in [3.05, 3.63) is 108 Å². The van der Waals surface area contributed by atoms with Gasteiger partial charge in [-0.15, -0.1) is 0 Å². The fraction of sp³-hybridized carbons (Fsp3) is 0.333. The molecule has 4 aromatic rings. The van der Waals surface area contributed by atoms with Gasteiger partial charge in [0.25, 0.3) is 0 Å². The van der Waals surface area contributed by atoms with Gasteiger partial charge in [0, 0.05) is 32.5 Å². The van der Waals surface area contributed by atoms with E-state index < -0.39 is 18.0 Å². The standard InChI is InChI=1S/C37H38N4O5.C2H6/c42-34-18-15-25-7-5-11-30(21-25)46-29-16-13-26(14-17-29)22-32(40-37(45)33(39-34)23-35(43)41-19-3-4-20-41)36(44)38-24-28-10-6-9-27-8-1-2-12-31(27)28;1-2/h1-2,5-14,16-17,21,32-33H,3-4,15,18-20,22-24H2,(H,38,44)(H,39,42)(H,40,45);1-2H3. The molecule has 0 aromatic heterocycles.